The van der Waals surface area contributed by atoms with Crippen LogP contribution < -0.4 is 0 Å². The van der Waals surface area contributed by atoms with Crippen LogP contribution in [-0.2, 0) is 4.79 Å². The first kappa shape index (κ1) is 10.3. The lowest BCUT2D eigenvalue weighted by molar-refractivity contribution is -0.143. The molecule has 4 heteroatoms. The number of hydrogen-bond donors (Lipinski definition) is 1. The molecule has 1 saturated heterocycles. The van der Waals surface area contributed by atoms with E-state index in [1.165, 1.54) is 30.8 Å². The second kappa shape index (κ2) is 3.59. The quantitative estimate of drug-likeness (QED) is 0.769. The fourth-order valence-electron chi connectivity index (χ4n) is 3.54. The molecule has 1 aliphatic heterocycles. The Morgan fingerprint density at radius 3 is 2.60 bits per heavy atom. The summed E-state index contributed by atoms with van der Waals surface area (Å²) < 4.78 is 0.296. The summed E-state index contributed by atoms with van der Waals surface area (Å²) in [6.07, 6.45) is 4.70. The van der Waals surface area contributed by atoms with Crippen molar-refractivity contribution < 1.29 is 9.90 Å². The first-order valence-corrected chi connectivity index (χ1v) is 7.69. The topological polar surface area (TPSA) is 37.3 Å². The predicted molar refractivity (Wildman–Crippen MR) is 64.2 cm³/mol. The van der Waals surface area contributed by atoms with Crippen molar-refractivity contribution in [1.82, 2.24) is 0 Å². The number of carboxylic acid groups (broad SMARTS) is 1. The first-order chi connectivity index (χ1) is 7.21. The van der Waals surface area contributed by atoms with Crippen molar-refractivity contribution in [1.29, 1.82) is 0 Å². The van der Waals surface area contributed by atoms with Gasteiger partial charge in [-0.05, 0) is 49.0 Å². The van der Waals surface area contributed by atoms with Gasteiger partial charge in [0.1, 0.15) is 0 Å². The van der Waals surface area contributed by atoms with Gasteiger partial charge in [-0.15, -0.1) is 23.5 Å². The standard InChI is InChI=1S/C11H16O2S2/c12-10(13)8-4-7-5-9(8)11(6-7)14-2-1-3-15-11/h7-9H,1-6H2,(H,12,13)/t7-,8+,9-/m0/s1. The van der Waals surface area contributed by atoms with Crippen molar-refractivity contribution in [2.45, 2.75) is 29.8 Å². The zero-order valence-corrected chi connectivity index (χ0v) is 10.3. The van der Waals surface area contributed by atoms with Crippen molar-refractivity contribution in [3.05, 3.63) is 0 Å². The summed E-state index contributed by atoms with van der Waals surface area (Å²) in [6, 6.07) is 0. The maximum absolute atomic E-state index is 11.2. The van der Waals surface area contributed by atoms with E-state index in [1.807, 2.05) is 0 Å². The Balaban J connectivity index is 1.84. The highest BCUT2D eigenvalue weighted by Crippen LogP contribution is 2.65. The van der Waals surface area contributed by atoms with Gasteiger partial charge in [-0.1, -0.05) is 0 Å². The van der Waals surface area contributed by atoms with Gasteiger partial charge in [-0.25, -0.2) is 0 Å². The fourth-order valence-corrected chi connectivity index (χ4v) is 7.49. The molecular weight excluding hydrogens is 228 g/mol. The van der Waals surface area contributed by atoms with Gasteiger partial charge in [0.05, 0.1) is 10.00 Å². The largest absolute Gasteiger partial charge is 0.481 e. The van der Waals surface area contributed by atoms with Crippen LogP contribution in [0.2, 0.25) is 0 Å². The predicted octanol–water partition coefficient (Wildman–Crippen LogP) is 2.68. The van der Waals surface area contributed by atoms with Crippen LogP contribution in [0.1, 0.15) is 25.7 Å². The minimum atomic E-state index is -0.548. The van der Waals surface area contributed by atoms with E-state index in [2.05, 4.69) is 23.5 Å². The Morgan fingerprint density at radius 2 is 2.00 bits per heavy atom. The average Bonchev–Trinajstić information content (AvgIpc) is 2.76. The van der Waals surface area contributed by atoms with Crippen LogP contribution >= 0.6 is 23.5 Å². The maximum atomic E-state index is 11.2. The van der Waals surface area contributed by atoms with Crippen molar-refractivity contribution in [3.8, 4) is 0 Å². The third-order valence-electron chi connectivity index (χ3n) is 4.10. The average molecular weight is 244 g/mol. The first-order valence-electron chi connectivity index (χ1n) is 5.72. The van der Waals surface area contributed by atoms with Crippen LogP contribution in [0.25, 0.3) is 0 Å². The van der Waals surface area contributed by atoms with Crippen molar-refractivity contribution in [3.63, 3.8) is 0 Å². The molecule has 84 valence electrons. The van der Waals surface area contributed by atoms with Crippen LogP contribution in [0.5, 0.6) is 0 Å². The van der Waals surface area contributed by atoms with Crippen molar-refractivity contribution in [2.75, 3.05) is 11.5 Å². The van der Waals surface area contributed by atoms with E-state index in [4.69, 9.17) is 0 Å². The molecule has 3 fully saturated rings. The fraction of sp³-hybridized carbons (Fsp3) is 0.909. The maximum Gasteiger partial charge on any atom is 0.306 e. The summed E-state index contributed by atoms with van der Waals surface area (Å²) in [5.74, 6) is 3.05. The number of carbonyl (C=O) groups is 1. The molecule has 3 aliphatic rings. The normalized spacial score (nSPS) is 42.3. The lowest BCUT2D eigenvalue weighted by Crippen LogP contribution is -2.39. The Kier molecular flexibility index (Phi) is 2.47. The summed E-state index contributed by atoms with van der Waals surface area (Å²) >= 11 is 4.11. The molecule has 0 aromatic heterocycles. The zero-order chi connectivity index (χ0) is 10.5. The van der Waals surface area contributed by atoms with E-state index in [1.54, 1.807) is 0 Å². The Morgan fingerprint density at radius 1 is 1.27 bits per heavy atom. The highest BCUT2D eigenvalue weighted by atomic mass is 32.2. The van der Waals surface area contributed by atoms with Crippen molar-refractivity contribution >= 4 is 29.5 Å². The van der Waals surface area contributed by atoms with Gasteiger partial charge in [0.2, 0.25) is 0 Å². The van der Waals surface area contributed by atoms with Crippen molar-refractivity contribution in [2.24, 2.45) is 17.8 Å². The van der Waals surface area contributed by atoms with Gasteiger partial charge in [0.25, 0.3) is 0 Å². The minimum absolute atomic E-state index is 0.0400. The Labute approximate surface area is 98.6 Å². The molecule has 1 spiro atoms. The molecule has 2 nitrogen and oxygen atoms in total. The highest BCUT2D eigenvalue weighted by molar-refractivity contribution is 8.18. The molecule has 1 N–H and O–H groups in total. The molecule has 0 amide bonds. The molecule has 2 aliphatic carbocycles. The number of hydrogen-bond acceptors (Lipinski definition) is 3. The molecular formula is C11H16O2S2. The zero-order valence-electron chi connectivity index (χ0n) is 8.65. The van der Waals surface area contributed by atoms with Gasteiger partial charge in [-0.2, -0.15) is 0 Å². The molecule has 3 rings (SSSR count). The van der Waals surface area contributed by atoms with E-state index < -0.39 is 5.97 Å². The van der Waals surface area contributed by atoms with Crippen LogP contribution in [0.3, 0.4) is 0 Å². The van der Waals surface area contributed by atoms with E-state index >= 15 is 0 Å². The van der Waals surface area contributed by atoms with Gasteiger partial charge >= 0.3 is 5.97 Å². The van der Waals surface area contributed by atoms with Crippen LogP contribution in [0.4, 0.5) is 0 Å². The second-order valence-corrected chi connectivity index (χ2v) is 8.06. The summed E-state index contributed by atoms with van der Waals surface area (Å²) in [5, 5.41) is 9.23. The Bertz CT molecular complexity index is 286. The highest BCUT2D eigenvalue weighted by Gasteiger charge is 2.58. The molecule has 2 bridgehead atoms. The molecule has 1 heterocycles. The van der Waals surface area contributed by atoms with E-state index in [0.29, 0.717) is 15.9 Å². The third kappa shape index (κ3) is 1.52. The molecule has 2 saturated carbocycles. The van der Waals surface area contributed by atoms with Crippen LogP contribution in [0, 0.1) is 17.8 Å². The molecule has 0 aromatic carbocycles. The van der Waals surface area contributed by atoms with Crippen LogP contribution in [-0.4, -0.2) is 26.7 Å². The minimum Gasteiger partial charge on any atom is -0.481 e. The number of rotatable bonds is 1. The van der Waals surface area contributed by atoms with Gasteiger partial charge in [0.15, 0.2) is 0 Å². The lowest BCUT2D eigenvalue weighted by Gasteiger charge is -2.41. The number of carboxylic acids is 1. The van der Waals surface area contributed by atoms with Gasteiger partial charge in [0, 0.05) is 0 Å². The Hall–Kier alpha value is 0.170. The lowest BCUT2D eigenvalue weighted by atomic mass is 9.88. The van der Waals surface area contributed by atoms with Gasteiger partial charge < -0.3 is 5.11 Å². The van der Waals surface area contributed by atoms with Gasteiger partial charge in [-0.3, -0.25) is 4.79 Å². The van der Waals surface area contributed by atoms with Crippen LogP contribution in [0.15, 0.2) is 0 Å². The number of aliphatic carboxylic acids is 1. The second-order valence-electron chi connectivity index (χ2n) is 4.96. The van der Waals surface area contributed by atoms with E-state index in [9.17, 15) is 9.90 Å². The number of fused-ring (bicyclic) bond motifs is 3. The molecule has 0 aromatic rings. The molecule has 15 heavy (non-hydrogen) atoms. The molecule has 0 unspecified atom stereocenters. The summed E-state index contributed by atoms with van der Waals surface area (Å²) in [5.41, 5.74) is 0. The SMILES string of the molecule is O=C(O)[C@@H]1C[C@H]2C[C@@H]1C1(C2)SCCCS1. The smallest absolute Gasteiger partial charge is 0.306 e. The third-order valence-corrected chi connectivity index (χ3v) is 7.71. The molecule has 3 atom stereocenters. The number of thioether (sulfide) groups is 2. The summed E-state index contributed by atoms with van der Waals surface area (Å²) in [7, 11) is 0. The monoisotopic (exact) mass is 244 g/mol. The van der Waals surface area contributed by atoms with E-state index in [-0.39, 0.29) is 5.92 Å². The van der Waals surface area contributed by atoms with E-state index in [0.717, 1.165) is 6.42 Å². The summed E-state index contributed by atoms with van der Waals surface area (Å²) in [6.45, 7) is 0. The summed E-state index contributed by atoms with van der Waals surface area (Å²) in [4.78, 5) is 11.2. The molecule has 0 radical (unpaired) electrons.